The molecule has 0 aliphatic carbocycles. The van der Waals surface area contributed by atoms with Gasteiger partial charge in [-0.05, 0) is 38.0 Å². The highest BCUT2D eigenvalue weighted by atomic mass is 16.2. The van der Waals surface area contributed by atoms with E-state index >= 15 is 0 Å². The predicted octanol–water partition coefficient (Wildman–Crippen LogP) is -3.08. The Kier molecular flexibility index (Phi) is 13.3. The van der Waals surface area contributed by atoms with Crippen molar-refractivity contribution in [3.63, 3.8) is 0 Å². The summed E-state index contributed by atoms with van der Waals surface area (Å²) < 4.78 is 0. The molecule has 3 amide bonds. The third-order valence-electron chi connectivity index (χ3n) is 4.25. The molecule has 0 saturated heterocycles. The zero-order valence-electron chi connectivity index (χ0n) is 18.3. The van der Waals surface area contributed by atoms with Crippen LogP contribution in [0.25, 0.3) is 0 Å². The van der Waals surface area contributed by atoms with Crippen molar-refractivity contribution in [2.24, 2.45) is 50.3 Å². The van der Waals surface area contributed by atoms with Crippen LogP contribution in [0.5, 0.6) is 0 Å². The largest absolute Gasteiger partial charge is 0.370 e. The van der Waals surface area contributed by atoms with E-state index in [1.54, 1.807) is 0 Å². The first-order valence-corrected chi connectivity index (χ1v) is 10.2. The Morgan fingerprint density at radius 1 is 0.774 bits per heavy atom. The molecule has 13 heteroatoms. The molecule has 0 spiro atoms. The number of hydrogen-bond acceptors (Lipinski definition) is 6. The zero-order chi connectivity index (χ0) is 24.0. The molecule has 178 valence electrons. The Bertz CT molecular complexity index is 642. The molecule has 13 nitrogen and oxygen atoms in total. The van der Waals surface area contributed by atoms with Crippen molar-refractivity contribution in [3.05, 3.63) is 0 Å². The molecule has 31 heavy (non-hydrogen) atoms. The van der Waals surface area contributed by atoms with Crippen LogP contribution in [0.4, 0.5) is 0 Å². The number of nitrogens with two attached hydrogens (primary N) is 6. The minimum atomic E-state index is -0.942. The highest BCUT2D eigenvalue weighted by Crippen LogP contribution is 2.06. The smallest absolute Gasteiger partial charge is 0.243 e. The first kappa shape index (κ1) is 27.9. The van der Waals surface area contributed by atoms with Gasteiger partial charge >= 0.3 is 0 Å². The minimum Gasteiger partial charge on any atom is -0.370 e. The molecular formula is C18H38N10O3. The number of hydrogen-bond donors (Lipinski definition) is 8. The molecular weight excluding hydrogens is 404 g/mol. The molecule has 14 N–H and O–H groups in total. The molecule has 0 aromatic rings. The molecule has 0 fully saturated rings. The van der Waals surface area contributed by atoms with Gasteiger partial charge in [0.15, 0.2) is 11.9 Å². The van der Waals surface area contributed by atoms with E-state index in [4.69, 9.17) is 34.4 Å². The fourth-order valence-electron chi connectivity index (χ4n) is 2.73. The fraction of sp³-hybridized carbons (Fsp3) is 0.722. The maximum Gasteiger partial charge on any atom is 0.243 e. The van der Waals surface area contributed by atoms with Gasteiger partial charge in [0.05, 0.1) is 6.04 Å². The number of nitrogens with zero attached hydrogens (tertiary/aromatic N) is 2. The van der Waals surface area contributed by atoms with Gasteiger partial charge < -0.3 is 45.0 Å². The molecule has 0 bridgehead atoms. The second-order valence-corrected chi connectivity index (χ2v) is 7.66. The van der Waals surface area contributed by atoms with Gasteiger partial charge in [-0.15, -0.1) is 0 Å². The van der Waals surface area contributed by atoms with Crippen molar-refractivity contribution >= 4 is 29.6 Å². The van der Waals surface area contributed by atoms with E-state index < -0.39 is 35.8 Å². The maximum absolute atomic E-state index is 12.8. The highest BCUT2D eigenvalue weighted by molar-refractivity contribution is 5.92. The van der Waals surface area contributed by atoms with Crippen LogP contribution in [0.1, 0.15) is 46.0 Å². The number of aliphatic imine (C=N–C) groups is 2. The Hall–Kier alpha value is -3.09. The average molecular weight is 443 g/mol. The summed E-state index contributed by atoms with van der Waals surface area (Å²) >= 11 is 0. The lowest BCUT2D eigenvalue weighted by Crippen LogP contribution is -2.55. The van der Waals surface area contributed by atoms with Gasteiger partial charge in [-0.2, -0.15) is 0 Å². The summed E-state index contributed by atoms with van der Waals surface area (Å²) in [4.78, 5) is 44.6. The van der Waals surface area contributed by atoms with Crippen LogP contribution in [0.3, 0.4) is 0 Å². The Balaban J connectivity index is 5.11. The molecule has 0 radical (unpaired) electrons. The third-order valence-corrected chi connectivity index (χ3v) is 4.25. The van der Waals surface area contributed by atoms with Crippen molar-refractivity contribution in [1.82, 2.24) is 10.6 Å². The SMILES string of the molecule is CC(C)C[C@H](N)C(=O)N[C@@H](CCCN=C(N)N)C(=O)N[C@@H](CCCN=C(N)N)C(N)=O. The molecule has 0 aromatic heterocycles. The van der Waals surface area contributed by atoms with Gasteiger partial charge in [0.2, 0.25) is 17.7 Å². The monoisotopic (exact) mass is 442 g/mol. The van der Waals surface area contributed by atoms with Gasteiger partial charge in [0.25, 0.3) is 0 Å². The summed E-state index contributed by atoms with van der Waals surface area (Å²) in [5.41, 5.74) is 32.4. The lowest BCUT2D eigenvalue weighted by molar-refractivity contribution is -0.132. The number of primary amides is 1. The molecule has 0 aliphatic rings. The van der Waals surface area contributed by atoms with E-state index in [0.29, 0.717) is 19.3 Å². The lowest BCUT2D eigenvalue weighted by atomic mass is 10.0. The second-order valence-electron chi connectivity index (χ2n) is 7.66. The number of nitrogens with one attached hydrogen (secondary N) is 2. The van der Waals surface area contributed by atoms with E-state index in [1.165, 1.54) is 0 Å². The first-order valence-electron chi connectivity index (χ1n) is 10.2. The quantitative estimate of drug-likeness (QED) is 0.0730. The molecule has 0 aliphatic heterocycles. The summed E-state index contributed by atoms with van der Waals surface area (Å²) in [5.74, 6) is -1.65. The van der Waals surface area contributed by atoms with Gasteiger partial charge in [-0.25, -0.2) is 0 Å². The summed E-state index contributed by atoms with van der Waals surface area (Å²) in [7, 11) is 0. The van der Waals surface area contributed by atoms with E-state index in [9.17, 15) is 14.4 Å². The van der Waals surface area contributed by atoms with E-state index in [1.807, 2.05) is 13.8 Å². The average Bonchev–Trinajstić information content (AvgIpc) is 2.64. The maximum atomic E-state index is 12.8. The van der Waals surface area contributed by atoms with Crippen LogP contribution in [-0.4, -0.2) is 60.9 Å². The topological polar surface area (TPSA) is 256 Å². The number of carbonyl (C=O) groups is 3. The molecule has 3 atom stereocenters. The molecule has 0 unspecified atom stereocenters. The Labute approximate surface area is 182 Å². The van der Waals surface area contributed by atoms with Crippen molar-refractivity contribution in [3.8, 4) is 0 Å². The Morgan fingerprint density at radius 2 is 1.23 bits per heavy atom. The normalized spacial score (nSPS) is 13.5. The van der Waals surface area contributed by atoms with E-state index in [2.05, 4.69) is 20.6 Å². The van der Waals surface area contributed by atoms with Crippen molar-refractivity contribution < 1.29 is 14.4 Å². The van der Waals surface area contributed by atoms with E-state index in [0.717, 1.165) is 0 Å². The molecule has 0 heterocycles. The summed E-state index contributed by atoms with van der Waals surface area (Å²) in [5, 5.41) is 5.22. The summed E-state index contributed by atoms with van der Waals surface area (Å²) in [6, 6.07) is -2.64. The van der Waals surface area contributed by atoms with Crippen LogP contribution < -0.4 is 45.0 Å². The van der Waals surface area contributed by atoms with Gasteiger partial charge in [-0.3, -0.25) is 24.4 Å². The standard InChI is InChI=1S/C18H38N10O3/c1-10(2)9-11(19)15(30)28-13(6-4-8-26-18(23)24)16(31)27-12(14(20)29)5-3-7-25-17(21)22/h10-13H,3-9,19H2,1-2H3,(H2,20,29)(H,27,31)(H,28,30)(H4,21,22,25)(H4,23,24,26)/t11-,12-,13-/m0/s1. The first-order chi connectivity index (χ1) is 14.4. The number of guanidine groups is 2. The number of amides is 3. The van der Waals surface area contributed by atoms with E-state index in [-0.39, 0.29) is 43.8 Å². The van der Waals surface area contributed by atoms with Crippen LogP contribution >= 0.6 is 0 Å². The number of carbonyl (C=O) groups excluding carboxylic acids is 3. The van der Waals surface area contributed by atoms with Crippen LogP contribution in [0.2, 0.25) is 0 Å². The van der Waals surface area contributed by atoms with Crippen molar-refractivity contribution in [1.29, 1.82) is 0 Å². The third kappa shape index (κ3) is 13.7. The van der Waals surface area contributed by atoms with Gasteiger partial charge in [-0.1, -0.05) is 13.8 Å². The molecule has 0 rings (SSSR count). The summed E-state index contributed by atoms with van der Waals surface area (Å²) in [6.07, 6.45) is 1.78. The fourth-order valence-corrected chi connectivity index (χ4v) is 2.73. The van der Waals surface area contributed by atoms with Crippen molar-refractivity contribution in [2.75, 3.05) is 13.1 Å². The molecule has 0 saturated carbocycles. The minimum absolute atomic E-state index is 0.0686. The van der Waals surface area contributed by atoms with Gasteiger partial charge in [0.1, 0.15) is 12.1 Å². The summed E-state index contributed by atoms with van der Waals surface area (Å²) in [6.45, 7) is 4.43. The number of rotatable bonds is 15. The molecule has 0 aromatic carbocycles. The Morgan fingerprint density at radius 3 is 1.65 bits per heavy atom. The van der Waals surface area contributed by atoms with Gasteiger partial charge in [0, 0.05) is 13.1 Å². The lowest BCUT2D eigenvalue weighted by Gasteiger charge is -2.23. The van der Waals surface area contributed by atoms with Crippen LogP contribution in [-0.2, 0) is 14.4 Å². The second kappa shape index (κ2) is 14.8. The van der Waals surface area contributed by atoms with Crippen molar-refractivity contribution in [2.45, 2.75) is 64.1 Å². The zero-order valence-corrected chi connectivity index (χ0v) is 18.3. The van der Waals surface area contributed by atoms with Crippen LogP contribution in [0, 0.1) is 5.92 Å². The predicted molar refractivity (Wildman–Crippen MR) is 120 cm³/mol. The van der Waals surface area contributed by atoms with Crippen LogP contribution in [0.15, 0.2) is 9.98 Å². The highest BCUT2D eigenvalue weighted by Gasteiger charge is 2.27.